The fourth-order valence-corrected chi connectivity index (χ4v) is 2.66. The summed E-state index contributed by atoms with van der Waals surface area (Å²) in [5.41, 5.74) is 8.45. The highest BCUT2D eigenvalue weighted by Crippen LogP contribution is 2.26. The summed E-state index contributed by atoms with van der Waals surface area (Å²) in [5, 5.41) is 7.40. The first-order chi connectivity index (χ1) is 10.0. The summed E-state index contributed by atoms with van der Waals surface area (Å²) in [6.45, 7) is 0.780. The Hall–Kier alpha value is -2.01. The number of nitrogens with two attached hydrogens (primary N) is 1. The van der Waals surface area contributed by atoms with Gasteiger partial charge in [-0.15, -0.1) is 0 Å². The maximum absolute atomic E-state index is 7.40. The summed E-state index contributed by atoms with van der Waals surface area (Å²) < 4.78 is 6.18. The topological polar surface area (TPSA) is 62.3 Å². The monoisotopic (exact) mass is 347 g/mol. The van der Waals surface area contributed by atoms with Crippen LogP contribution in [0.25, 0.3) is 0 Å². The van der Waals surface area contributed by atoms with E-state index in [0.29, 0.717) is 0 Å². The molecule has 2 rings (SSSR count). The molecule has 0 atom stereocenters. The summed E-state index contributed by atoms with van der Waals surface area (Å²) in [4.78, 5) is 2.14. The molecule has 2 aromatic carbocycles. The van der Waals surface area contributed by atoms with Crippen LogP contribution < -0.4 is 15.4 Å². The Morgan fingerprint density at radius 2 is 1.90 bits per heavy atom. The van der Waals surface area contributed by atoms with E-state index in [-0.39, 0.29) is 5.84 Å². The number of rotatable bonds is 5. The molecule has 0 radical (unpaired) electrons. The van der Waals surface area contributed by atoms with E-state index in [0.717, 1.165) is 28.0 Å². The van der Waals surface area contributed by atoms with Crippen LogP contribution >= 0.6 is 15.9 Å². The van der Waals surface area contributed by atoms with Crippen LogP contribution in [0, 0.1) is 5.41 Å². The van der Waals surface area contributed by atoms with Gasteiger partial charge in [0.15, 0.2) is 0 Å². The molecule has 2 aromatic rings. The predicted octanol–water partition coefficient (Wildman–Crippen LogP) is 3.38. The fourth-order valence-electron chi connectivity index (χ4n) is 2.07. The SMILES string of the molecule is COc1ccc(CN(C)c2ccc(C(=N)N)cc2)cc1Br. The molecule has 0 spiro atoms. The molecule has 0 aliphatic heterocycles. The normalized spacial score (nSPS) is 10.2. The van der Waals surface area contributed by atoms with Crippen molar-refractivity contribution in [3.8, 4) is 5.75 Å². The highest BCUT2D eigenvalue weighted by Gasteiger charge is 2.06. The van der Waals surface area contributed by atoms with E-state index < -0.39 is 0 Å². The van der Waals surface area contributed by atoms with Gasteiger partial charge in [0.25, 0.3) is 0 Å². The zero-order chi connectivity index (χ0) is 15.4. The summed E-state index contributed by atoms with van der Waals surface area (Å²) in [6.07, 6.45) is 0. The Bertz CT molecular complexity index is 640. The van der Waals surface area contributed by atoms with Crippen molar-refractivity contribution in [1.29, 1.82) is 5.41 Å². The smallest absolute Gasteiger partial charge is 0.133 e. The average Bonchev–Trinajstić information content (AvgIpc) is 2.47. The molecule has 5 heteroatoms. The number of methoxy groups -OCH3 is 1. The number of ether oxygens (including phenoxy) is 1. The Labute approximate surface area is 133 Å². The van der Waals surface area contributed by atoms with Crippen LogP contribution in [0.3, 0.4) is 0 Å². The Kier molecular flexibility index (Phi) is 4.85. The van der Waals surface area contributed by atoms with Crippen molar-refractivity contribution in [1.82, 2.24) is 0 Å². The van der Waals surface area contributed by atoms with Gasteiger partial charge in [0.2, 0.25) is 0 Å². The minimum atomic E-state index is 0.0864. The summed E-state index contributed by atoms with van der Waals surface area (Å²) >= 11 is 3.50. The molecule has 0 aliphatic carbocycles. The maximum atomic E-state index is 7.40. The van der Waals surface area contributed by atoms with E-state index in [2.05, 4.69) is 26.9 Å². The van der Waals surface area contributed by atoms with Gasteiger partial charge in [0, 0.05) is 24.8 Å². The van der Waals surface area contributed by atoms with Crippen LogP contribution in [0.1, 0.15) is 11.1 Å². The molecule has 0 amide bonds. The number of hydrogen-bond donors (Lipinski definition) is 2. The molecule has 4 nitrogen and oxygen atoms in total. The van der Waals surface area contributed by atoms with E-state index in [1.807, 2.05) is 43.4 Å². The molecule has 0 aliphatic rings. The van der Waals surface area contributed by atoms with Gasteiger partial charge in [0.05, 0.1) is 11.6 Å². The standard InChI is InChI=1S/C16H18BrN3O/c1-20(13-6-4-12(5-7-13)16(18)19)10-11-3-8-15(21-2)14(17)9-11/h3-9H,10H2,1-2H3,(H3,18,19). The lowest BCUT2D eigenvalue weighted by Crippen LogP contribution is -2.17. The second kappa shape index (κ2) is 6.63. The minimum absolute atomic E-state index is 0.0864. The molecular formula is C16H18BrN3O. The van der Waals surface area contributed by atoms with E-state index in [1.54, 1.807) is 7.11 Å². The third-order valence-electron chi connectivity index (χ3n) is 3.26. The first-order valence-electron chi connectivity index (χ1n) is 6.49. The van der Waals surface area contributed by atoms with Gasteiger partial charge in [-0.3, -0.25) is 5.41 Å². The first kappa shape index (κ1) is 15.4. The van der Waals surface area contributed by atoms with Gasteiger partial charge in [-0.2, -0.15) is 0 Å². The number of halogens is 1. The number of amidine groups is 1. The van der Waals surface area contributed by atoms with E-state index >= 15 is 0 Å². The van der Waals surface area contributed by atoms with Crippen LogP contribution in [0.2, 0.25) is 0 Å². The molecule has 0 bridgehead atoms. The van der Waals surface area contributed by atoms with E-state index in [1.165, 1.54) is 5.56 Å². The summed E-state index contributed by atoms with van der Waals surface area (Å²) in [5.74, 6) is 0.913. The third kappa shape index (κ3) is 3.76. The van der Waals surface area contributed by atoms with Crippen molar-refractivity contribution in [2.75, 3.05) is 19.1 Å². The Morgan fingerprint density at radius 3 is 2.43 bits per heavy atom. The second-order valence-electron chi connectivity index (χ2n) is 4.79. The van der Waals surface area contributed by atoms with Crippen LogP contribution in [0.4, 0.5) is 5.69 Å². The van der Waals surface area contributed by atoms with Gasteiger partial charge < -0.3 is 15.4 Å². The Balaban J connectivity index is 2.12. The van der Waals surface area contributed by atoms with E-state index in [9.17, 15) is 0 Å². The summed E-state index contributed by atoms with van der Waals surface area (Å²) in [7, 11) is 3.68. The van der Waals surface area contributed by atoms with Crippen LogP contribution in [0.15, 0.2) is 46.9 Å². The van der Waals surface area contributed by atoms with Crippen molar-refractivity contribution in [3.05, 3.63) is 58.1 Å². The molecule has 0 fully saturated rings. The Morgan fingerprint density at radius 1 is 1.24 bits per heavy atom. The van der Waals surface area contributed by atoms with Crippen molar-refractivity contribution in [2.24, 2.45) is 5.73 Å². The zero-order valence-corrected chi connectivity index (χ0v) is 13.6. The van der Waals surface area contributed by atoms with Crippen molar-refractivity contribution in [3.63, 3.8) is 0 Å². The predicted molar refractivity (Wildman–Crippen MR) is 90.3 cm³/mol. The van der Waals surface area contributed by atoms with Crippen LogP contribution in [-0.2, 0) is 6.54 Å². The molecule has 0 saturated heterocycles. The number of hydrogen-bond acceptors (Lipinski definition) is 3. The molecule has 110 valence electrons. The van der Waals surface area contributed by atoms with Gasteiger partial charge in [-0.05, 0) is 57.9 Å². The largest absolute Gasteiger partial charge is 0.496 e. The van der Waals surface area contributed by atoms with Crippen LogP contribution in [0.5, 0.6) is 5.75 Å². The number of nitrogens with zero attached hydrogens (tertiary/aromatic N) is 1. The van der Waals surface area contributed by atoms with Gasteiger partial charge in [0.1, 0.15) is 11.6 Å². The molecule has 21 heavy (non-hydrogen) atoms. The fraction of sp³-hybridized carbons (Fsp3) is 0.188. The quantitative estimate of drug-likeness (QED) is 0.643. The molecule has 0 heterocycles. The highest BCUT2D eigenvalue weighted by molar-refractivity contribution is 9.10. The highest BCUT2D eigenvalue weighted by atomic mass is 79.9. The lowest BCUT2D eigenvalue weighted by Gasteiger charge is -2.20. The molecule has 0 saturated carbocycles. The zero-order valence-electron chi connectivity index (χ0n) is 12.1. The first-order valence-corrected chi connectivity index (χ1v) is 7.28. The molecule has 0 aromatic heterocycles. The van der Waals surface area contributed by atoms with E-state index in [4.69, 9.17) is 15.9 Å². The molecule has 0 unspecified atom stereocenters. The van der Waals surface area contributed by atoms with Gasteiger partial charge >= 0.3 is 0 Å². The van der Waals surface area contributed by atoms with Gasteiger partial charge in [-0.1, -0.05) is 6.07 Å². The number of nitrogen functional groups attached to an aromatic ring is 1. The third-order valence-corrected chi connectivity index (χ3v) is 3.87. The van der Waals surface area contributed by atoms with Crippen molar-refractivity contribution >= 4 is 27.5 Å². The number of nitrogens with one attached hydrogen (secondary N) is 1. The number of benzene rings is 2. The average molecular weight is 348 g/mol. The second-order valence-corrected chi connectivity index (χ2v) is 5.64. The van der Waals surface area contributed by atoms with Crippen molar-refractivity contribution in [2.45, 2.75) is 6.54 Å². The number of anilines is 1. The maximum Gasteiger partial charge on any atom is 0.133 e. The summed E-state index contributed by atoms with van der Waals surface area (Å²) in [6, 6.07) is 13.7. The van der Waals surface area contributed by atoms with Crippen molar-refractivity contribution < 1.29 is 4.74 Å². The lowest BCUT2D eigenvalue weighted by molar-refractivity contribution is 0.412. The van der Waals surface area contributed by atoms with Crippen LogP contribution in [-0.4, -0.2) is 20.0 Å². The molecule has 3 N–H and O–H groups in total. The van der Waals surface area contributed by atoms with Gasteiger partial charge in [-0.25, -0.2) is 0 Å². The minimum Gasteiger partial charge on any atom is -0.496 e. The molecular weight excluding hydrogens is 330 g/mol. The lowest BCUT2D eigenvalue weighted by atomic mass is 10.1.